The Morgan fingerprint density at radius 1 is 0.667 bits per heavy atom. The zero-order chi connectivity index (χ0) is 27.9. The van der Waals surface area contributed by atoms with E-state index in [1.165, 1.54) is 23.8 Å². The van der Waals surface area contributed by atoms with Crippen LogP contribution in [0.5, 0.6) is 5.75 Å². The quantitative estimate of drug-likeness (QED) is 0.197. The van der Waals surface area contributed by atoms with Crippen LogP contribution >= 0.6 is 0 Å². The summed E-state index contributed by atoms with van der Waals surface area (Å²) in [6, 6.07) is 22.6. The fourth-order valence-electron chi connectivity index (χ4n) is 4.04. The zero-order valence-electron chi connectivity index (χ0n) is 22.7. The molecule has 3 aromatic carbocycles. The van der Waals surface area contributed by atoms with Crippen LogP contribution in [-0.4, -0.2) is 44.2 Å². The van der Waals surface area contributed by atoms with Crippen LogP contribution < -0.4 is 10.1 Å². The molecule has 0 atom stereocenters. The second-order valence-electron chi connectivity index (χ2n) is 9.03. The topological polar surface area (TPSA) is 90.9 Å². The van der Waals surface area contributed by atoms with Gasteiger partial charge in [-0.05, 0) is 87.4 Å². The smallest absolute Gasteiger partial charge is 0.338 e. The molecule has 0 heterocycles. The SMILES string of the molecule is CCOC(=O)c1cc(C(=O)NCCc2ccc(OCCCCCc3ccccc3)cc2)cc(C(=O)OCC)c1. The molecule has 0 bridgehead atoms. The van der Waals surface area contributed by atoms with Crippen LogP contribution in [0.15, 0.2) is 72.8 Å². The highest BCUT2D eigenvalue weighted by Crippen LogP contribution is 2.15. The van der Waals surface area contributed by atoms with Crippen LogP contribution in [0.3, 0.4) is 0 Å². The first-order valence-electron chi connectivity index (χ1n) is 13.5. The van der Waals surface area contributed by atoms with Crippen LogP contribution in [0.1, 0.15) is 75.3 Å². The Bertz CT molecular complexity index is 1170. The Kier molecular flexibility index (Phi) is 12.0. The highest BCUT2D eigenvalue weighted by Gasteiger charge is 2.17. The molecule has 7 heteroatoms. The number of amides is 1. The summed E-state index contributed by atoms with van der Waals surface area (Å²) in [6.45, 7) is 4.81. The van der Waals surface area contributed by atoms with Gasteiger partial charge >= 0.3 is 11.9 Å². The minimum Gasteiger partial charge on any atom is -0.494 e. The van der Waals surface area contributed by atoms with Crippen molar-refractivity contribution in [3.63, 3.8) is 0 Å². The highest BCUT2D eigenvalue weighted by atomic mass is 16.5. The van der Waals surface area contributed by atoms with E-state index in [1.54, 1.807) is 13.8 Å². The Balaban J connectivity index is 1.44. The van der Waals surface area contributed by atoms with E-state index in [2.05, 4.69) is 29.6 Å². The van der Waals surface area contributed by atoms with Gasteiger partial charge in [-0.2, -0.15) is 0 Å². The fraction of sp³-hybridized carbons (Fsp3) is 0.344. The molecule has 7 nitrogen and oxygen atoms in total. The average molecular weight is 532 g/mol. The van der Waals surface area contributed by atoms with Crippen molar-refractivity contribution in [1.29, 1.82) is 0 Å². The Hall–Kier alpha value is -4.13. The molecule has 0 unspecified atom stereocenters. The Morgan fingerprint density at radius 3 is 1.87 bits per heavy atom. The average Bonchev–Trinajstić information content (AvgIpc) is 2.96. The van der Waals surface area contributed by atoms with Gasteiger partial charge in [-0.25, -0.2) is 9.59 Å². The number of carbonyl (C=O) groups excluding carboxylic acids is 3. The lowest BCUT2D eigenvalue weighted by molar-refractivity contribution is 0.0525. The number of nitrogens with one attached hydrogen (secondary N) is 1. The van der Waals surface area contributed by atoms with Crippen molar-refractivity contribution in [1.82, 2.24) is 5.32 Å². The van der Waals surface area contributed by atoms with Gasteiger partial charge in [0.05, 0.1) is 30.9 Å². The fourth-order valence-corrected chi connectivity index (χ4v) is 4.04. The molecule has 1 amide bonds. The summed E-state index contributed by atoms with van der Waals surface area (Å²) in [5, 5.41) is 2.85. The molecule has 0 aliphatic heterocycles. The van der Waals surface area contributed by atoms with E-state index in [9.17, 15) is 14.4 Å². The number of benzene rings is 3. The molecule has 3 aromatic rings. The number of aryl methyl sites for hydroxylation is 1. The molecule has 0 spiro atoms. The summed E-state index contributed by atoms with van der Waals surface area (Å²) in [5.74, 6) is -0.772. The van der Waals surface area contributed by atoms with E-state index in [-0.39, 0.29) is 35.8 Å². The number of ether oxygens (including phenoxy) is 3. The molecule has 0 saturated carbocycles. The Labute approximate surface area is 230 Å². The number of esters is 2. The van der Waals surface area contributed by atoms with E-state index in [0.717, 1.165) is 37.0 Å². The minimum absolute atomic E-state index is 0.124. The van der Waals surface area contributed by atoms with Gasteiger partial charge in [0.25, 0.3) is 5.91 Å². The van der Waals surface area contributed by atoms with Crippen molar-refractivity contribution < 1.29 is 28.6 Å². The molecule has 0 aromatic heterocycles. The Morgan fingerprint density at radius 2 is 1.26 bits per heavy atom. The van der Waals surface area contributed by atoms with Gasteiger partial charge in [-0.15, -0.1) is 0 Å². The van der Waals surface area contributed by atoms with Crippen molar-refractivity contribution in [2.75, 3.05) is 26.4 Å². The van der Waals surface area contributed by atoms with Gasteiger partial charge in [0.15, 0.2) is 0 Å². The van der Waals surface area contributed by atoms with Crippen molar-refractivity contribution >= 4 is 17.8 Å². The maximum absolute atomic E-state index is 12.8. The van der Waals surface area contributed by atoms with Gasteiger partial charge < -0.3 is 19.5 Å². The van der Waals surface area contributed by atoms with Gasteiger partial charge in [0.2, 0.25) is 0 Å². The van der Waals surface area contributed by atoms with Crippen LogP contribution in [-0.2, 0) is 22.3 Å². The van der Waals surface area contributed by atoms with Gasteiger partial charge in [-0.1, -0.05) is 42.5 Å². The lowest BCUT2D eigenvalue weighted by Gasteiger charge is -2.10. The summed E-state index contributed by atoms with van der Waals surface area (Å²) in [4.78, 5) is 37.2. The maximum Gasteiger partial charge on any atom is 0.338 e. The summed E-state index contributed by atoms with van der Waals surface area (Å²) < 4.78 is 15.9. The predicted octanol–water partition coefficient (Wildman–Crippen LogP) is 5.80. The third-order valence-electron chi connectivity index (χ3n) is 6.06. The molecule has 0 aliphatic rings. The predicted molar refractivity (Wildman–Crippen MR) is 150 cm³/mol. The number of hydrogen-bond acceptors (Lipinski definition) is 6. The van der Waals surface area contributed by atoms with E-state index in [4.69, 9.17) is 14.2 Å². The third-order valence-corrected chi connectivity index (χ3v) is 6.06. The lowest BCUT2D eigenvalue weighted by atomic mass is 10.0. The minimum atomic E-state index is -0.604. The number of carbonyl (C=O) groups is 3. The monoisotopic (exact) mass is 531 g/mol. The molecule has 39 heavy (non-hydrogen) atoms. The number of rotatable bonds is 15. The van der Waals surface area contributed by atoms with Gasteiger partial charge in [-0.3, -0.25) is 4.79 Å². The first-order valence-corrected chi connectivity index (χ1v) is 13.5. The van der Waals surface area contributed by atoms with Crippen molar-refractivity contribution in [2.45, 2.75) is 46.0 Å². The van der Waals surface area contributed by atoms with Crippen molar-refractivity contribution in [3.8, 4) is 5.75 Å². The van der Waals surface area contributed by atoms with Crippen LogP contribution in [0.2, 0.25) is 0 Å². The summed E-state index contributed by atoms with van der Waals surface area (Å²) in [7, 11) is 0. The normalized spacial score (nSPS) is 10.5. The van der Waals surface area contributed by atoms with E-state index < -0.39 is 11.9 Å². The second kappa shape index (κ2) is 16.0. The molecule has 0 radical (unpaired) electrons. The summed E-state index contributed by atoms with van der Waals surface area (Å²) in [6.07, 6.45) is 4.99. The first kappa shape index (κ1) is 29.4. The summed E-state index contributed by atoms with van der Waals surface area (Å²) in [5.41, 5.74) is 2.87. The van der Waals surface area contributed by atoms with Crippen LogP contribution in [0.25, 0.3) is 0 Å². The van der Waals surface area contributed by atoms with E-state index >= 15 is 0 Å². The number of unbranched alkanes of at least 4 members (excludes halogenated alkanes) is 2. The third kappa shape index (κ3) is 9.93. The van der Waals surface area contributed by atoms with Crippen molar-refractivity contribution in [2.24, 2.45) is 0 Å². The van der Waals surface area contributed by atoms with Gasteiger partial charge in [0, 0.05) is 12.1 Å². The van der Waals surface area contributed by atoms with E-state index in [1.807, 2.05) is 30.3 Å². The molecule has 206 valence electrons. The lowest BCUT2D eigenvalue weighted by Crippen LogP contribution is -2.26. The van der Waals surface area contributed by atoms with Crippen molar-refractivity contribution in [3.05, 3.63) is 101 Å². The van der Waals surface area contributed by atoms with Crippen LogP contribution in [0, 0.1) is 0 Å². The molecule has 0 saturated heterocycles. The molecule has 3 rings (SSSR count). The standard InChI is InChI=1S/C32H37NO6/c1-3-37-31(35)27-21-26(22-28(23-27)32(36)38-4-2)30(34)33-19-18-25-14-16-29(17-15-25)39-20-10-6-9-13-24-11-7-5-8-12-24/h5,7-8,11-12,14-17,21-23H,3-4,6,9-10,13,18-20H2,1-2H3,(H,33,34). The van der Waals surface area contributed by atoms with E-state index in [0.29, 0.717) is 19.6 Å². The molecule has 0 aliphatic carbocycles. The largest absolute Gasteiger partial charge is 0.494 e. The molecule has 0 fully saturated rings. The highest BCUT2D eigenvalue weighted by molar-refractivity contribution is 6.02. The molecular formula is C32H37NO6. The molecular weight excluding hydrogens is 494 g/mol. The summed E-state index contributed by atoms with van der Waals surface area (Å²) >= 11 is 0. The molecule has 1 N–H and O–H groups in total. The van der Waals surface area contributed by atoms with Gasteiger partial charge in [0.1, 0.15) is 5.75 Å². The number of hydrogen-bond donors (Lipinski definition) is 1. The second-order valence-corrected chi connectivity index (χ2v) is 9.03. The maximum atomic E-state index is 12.8. The zero-order valence-corrected chi connectivity index (χ0v) is 22.7. The first-order chi connectivity index (χ1) is 19.0. The van der Waals surface area contributed by atoms with Crippen LogP contribution in [0.4, 0.5) is 0 Å².